The summed E-state index contributed by atoms with van der Waals surface area (Å²) < 4.78 is 49.2. The number of carbonyl (C=O) groups is 1. The Morgan fingerprint density at radius 2 is 1.86 bits per heavy atom. The number of alkyl halides is 3. The molecular weight excluding hydrogens is 409 g/mol. The Morgan fingerprint density at radius 1 is 1.11 bits per heavy atom. The van der Waals surface area contributed by atoms with Crippen LogP contribution in [0.5, 0.6) is 11.5 Å². The number of ether oxygens (including phenoxy) is 2. The van der Waals surface area contributed by atoms with Crippen molar-refractivity contribution < 1.29 is 27.4 Å². The van der Waals surface area contributed by atoms with Gasteiger partial charge >= 0.3 is 12.1 Å². The van der Waals surface area contributed by atoms with Crippen molar-refractivity contribution in [3.63, 3.8) is 0 Å². The molecule has 148 valence electrons. The Morgan fingerprint density at radius 3 is 2.54 bits per heavy atom. The predicted molar refractivity (Wildman–Crippen MR) is 107 cm³/mol. The monoisotopic (exact) mass is 426 g/mol. The van der Waals surface area contributed by atoms with Crippen LogP contribution in [0.3, 0.4) is 0 Å². The van der Waals surface area contributed by atoms with E-state index in [1.807, 2.05) is 35.7 Å². The zero-order chi connectivity index (χ0) is 20.1. The molecule has 2 aromatic carbocycles. The molecule has 0 bridgehead atoms. The van der Waals surface area contributed by atoms with Crippen LogP contribution in [-0.2, 0) is 11.0 Å². The fourth-order valence-electron chi connectivity index (χ4n) is 2.59. The van der Waals surface area contributed by atoms with Crippen molar-refractivity contribution in [1.82, 2.24) is 0 Å². The highest BCUT2D eigenvalue weighted by molar-refractivity contribution is 8.19. The molecule has 1 aliphatic heterocycles. The molecule has 1 heterocycles. The van der Waals surface area contributed by atoms with Crippen LogP contribution in [-0.4, -0.2) is 24.6 Å². The van der Waals surface area contributed by atoms with Crippen LogP contribution in [0.2, 0.25) is 0 Å². The molecule has 0 atom stereocenters. The summed E-state index contributed by atoms with van der Waals surface area (Å²) in [6.45, 7) is 0. The van der Waals surface area contributed by atoms with E-state index in [1.54, 1.807) is 6.07 Å². The molecule has 28 heavy (non-hydrogen) atoms. The van der Waals surface area contributed by atoms with Gasteiger partial charge in [0.2, 0.25) is 0 Å². The smallest absolute Gasteiger partial charge is 0.416 e. The molecule has 8 heteroatoms. The lowest BCUT2D eigenvalue weighted by molar-refractivity contribution is -0.137. The molecule has 0 N–H and O–H groups in total. The number of hydrogen-bond donors (Lipinski definition) is 0. The maximum atomic E-state index is 12.7. The minimum Gasteiger partial charge on any atom is -0.493 e. The molecule has 2 aromatic rings. The Kier molecular flexibility index (Phi) is 6.61. The average Bonchev–Trinajstić information content (AvgIpc) is 3.21. The molecule has 0 aromatic heterocycles. The van der Waals surface area contributed by atoms with Gasteiger partial charge in [-0.2, -0.15) is 13.2 Å². The third kappa shape index (κ3) is 5.26. The van der Waals surface area contributed by atoms with Crippen molar-refractivity contribution in [2.24, 2.45) is 0 Å². The van der Waals surface area contributed by atoms with Crippen LogP contribution >= 0.6 is 23.5 Å². The molecule has 0 radical (unpaired) electrons. The Bertz CT molecular complexity index is 875. The topological polar surface area (TPSA) is 35.5 Å². The van der Waals surface area contributed by atoms with Gasteiger partial charge in [-0.25, -0.2) is 4.79 Å². The second kappa shape index (κ2) is 8.96. The number of hydrogen-bond acceptors (Lipinski definition) is 5. The maximum absolute atomic E-state index is 12.7. The Labute approximate surface area is 169 Å². The maximum Gasteiger partial charge on any atom is 0.416 e. The van der Waals surface area contributed by atoms with Crippen LogP contribution in [0.25, 0.3) is 6.08 Å². The minimum absolute atomic E-state index is 0.254. The van der Waals surface area contributed by atoms with E-state index >= 15 is 0 Å². The number of rotatable bonds is 5. The van der Waals surface area contributed by atoms with E-state index in [2.05, 4.69) is 0 Å². The summed E-state index contributed by atoms with van der Waals surface area (Å²) in [7, 11) is 1.49. The SMILES string of the molecule is COc1cc(C2SCCS2)ccc1OC(=O)/C=C/c1cccc(C(F)(F)F)c1. The molecule has 0 amide bonds. The summed E-state index contributed by atoms with van der Waals surface area (Å²) in [5.74, 6) is 2.18. The largest absolute Gasteiger partial charge is 0.493 e. The van der Waals surface area contributed by atoms with Gasteiger partial charge < -0.3 is 9.47 Å². The van der Waals surface area contributed by atoms with Gasteiger partial charge in [0.25, 0.3) is 0 Å². The zero-order valence-corrected chi connectivity index (χ0v) is 16.5. The number of carbonyl (C=O) groups excluding carboxylic acids is 1. The van der Waals surface area contributed by atoms with Crippen molar-refractivity contribution in [2.45, 2.75) is 10.8 Å². The Hall–Kier alpha value is -2.06. The van der Waals surface area contributed by atoms with Gasteiger partial charge in [-0.15, -0.1) is 23.5 Å². The average molecular weight is 426 g/mol. The first-order valence-corrected chi connectivity index (χ1v) is 10.4. The van der Waals surface area contributed by atoms with E-state index in [0.29, 0.717) is 10.3 Å². The van der Waals surface area contributed by atoms with Gasteiger partial charge in [-0.1, -0.05) is 18.2 Å². The molecular formula is C20H17F3O3S2. The van der Waals surface area contributed by atoms with Crippen molar-refractivity contribution in [3.8, 4) is 11.5 Å². The van der Waals surface area contributed by atoms with E-state index < -0.39 is 17.7 Å². The summed E-state index contributed by atoms with van der Waals surface area (Å²) >= 11 is 3.70. The van der Waals surface area contributed by atoms with Gasteiger partial charge in [-0.05, 0) is 41.5 Å². The summed E-state index contributed by atoms with van der Waals surface area (Å²) in [5, 5.41) is 0. The molecule has 1 saturated heterocycles. The number of esters is 1. The van der Waals surface area contributed by atoms with E-state index in [-0.39, 0.29) is 11.3 Å². The highest BCUT2D eigenvalue weighted by atomic mass is 32.2. The lowest BCUT2D eigenvalue weighted by Gasteiger charge is -2.13. The minimum atomic E-state index is -4.44. The number of halogens is 3. The molecule has 3 nitrogen and oxygen atoms in total. The molecule has 1 fully saturated rings. The highest BCUT2D eigenvalue weighted by Gasteiger charge is 2.30. The lowest BCUT2D eigenvalue weighted by Crippen LogP contribution is -2.06. The summed E-state index contributed by atoms with van der Waals surface area (Å²) in [6.07, 6.45) is -2.06. The quantitative estimate of drug-likeness (QED) is 0.342. The third-order valence-corrected chi connectivity index (χ3v) is 7.02. The number of benzene rings is 2. The molecule has 0 spiro atoms. The van der Waals surface area contributed by atoms with Crippen molar-refractivity contribution >= 4 is 35.6 Å². The third-order valence-electron chi connectivity index (χ3n) is 3.92. The molecule has 0 unspecified atom stereocenters. The van der Waals surface area contributed by atoms with Crippen LogP contribution < -0.4 is 9.47 Å². The van der Waals surface area contributed by atoms with Gasteiger partial charge in [0.15, 0.2) is 11.5 Å². The zero-order valence-electron chi connectivity index (χ0n) is 14.9. The van der Waals surface area contributed by atoms with E-state index in [1.165, 1.54) is 25.3 Å². The standard InChI is InChI=1S/C20H17F3O3S2/c1-25-17-12-14(19-27-9-10-28-19)6-7-16(17)26-18(24)8-5-13-3-2-4-15(11-13)20(21,22)23/h2-8,11-12,19H,9-10H2,1H3/b8-5+. The van der Waals surface area contributed by atoms with Gasteiger partial charge in [0.05, 0.1) is 17.3 Å². The molecule has 1 aliphatic rings. The first-order valence-electron chi connectivity index (χ1n) is 8.35. The van der Waals surface area contributed by atoms with Crippen molar-refractivity contribution in [1.29, 1.82) is 0 Å². The first-order chi connectivity index (χ1) is 13.4. The predicted octanol–water partition coefficient (Wildman–Crippen LogP) is 5.81. The second-order valence-electron chi connectivity index (χ2n) is 5.86. The number of thioether (sulfide) groups is 2. The fraction of sp³-hybridized carbons (Fsp3) is 0.250. The van der Waals surface area contributed by atoms with E-state index in [0.717, 1.165) is 35.3 Å². The molecule has 0 aliphatic carbocycles. The van der Waals surface area contributed by atoms with Crippen LogP contribution in [0.15, 0.2) is 48.5 Å². The second-order valence-corrected chi connectivity index (χ2v) is 8.59. The van der Waals surface area contributed by atoms with Gasteiger partial charge in [-0.3, -0.25) is 0 Å². The van der Waals surface area contributed by atoms with E-state index in [4.69, 9.17) is 9.47 Å². The summed E-state index contributed by atoms with van der Waals surface area (Å²) in [6, 6.07) is 10.1. The Balaban J connectivity index is 1.70. The van der Waals surface area contributed by atoms with Gasteiger partial charge in [0, 0.05) is 17.6 Å². The normalized spacial score (nSPS) is 15.1. The fourth-order valence-corrected chi connectivity index (χ4v) is 5.43. The summed E-state index contributed by atoms with van der Waals surface area (Å²) in [5.41, 5.74) is 0.566. The van der Waals surface area contributed by atoms with Crippen LogP contribution in [0.1, 0.15) is 21.3 Å². The molecule has 3 rings (SSSR count). The lowest BCUT2D eigenvalue weighted by atomic mass is 10.1. The van der Waals surface area contributed by atoms with Crippen LogP contribution in [0, 0.1) is 0 Å². The first kappa shape index (κ1) is 20.7. The molecule has 0 saturated carbocycles. The van der Waals surface area contributed by atoms with Crippen LogP contribution in [0.4, 0.5) is 13.2 Å². The summed E-state index contributed by atoms with van der Waals surface area (Å²) in [4.78, 5) is 12.1. The van der Waals surface area contributed by atoms with Crippen molar-refractivity contribution in [3.05, 3.63) is 65.2 Å². The van der Waals surface area contributed by atoms with E-state index in [9.17, 15) is 18.0 Å². The highest BCUT2D eigenvalue weighted by Crippen LogP contribution is 2.46. The number of methoxy groups -OCH3 is 1. The van der Waals surface area contributed by atoms with Gasteiger partial charge in [0.1, 0.15) is 0 Å². The van der Waals surface area contributed by atoms with Crippen molar-refractivity contribution in [2.75, 3.05) is 18.6 Å².